The minimum atomic E-state index is 0.325. The van der Waals surface area contributed by atoms with E-state index in [9.17, 15) is 0 Å². The van der Waals surface area contributed by atoms with Crippen molar-refractivity contribution in [3.63, 3.8) is 0 Å². The Labute approximate surface area is 99.1 Å². The molecule has 2 aromatic rings. The zero-order chi connectivity index (χ0) is 12.1. The first-order valence-corrected chi connectivity index (χ1v) is 5.45. The van der Waals surface area contributed by atoms with Gasteiger partial charge in [-0.25, -0.2) is 4.98 Å². The van der Waals surface area contributed by atoms with E-state index in [0.717, 1.165) is 17.9 Å². The third-order valence-corrected chi connectivity index (χ3v) is 2.30. The summed E-state index contributed by atoms with van der Waals surface area (Å²) in [6.45, 7) is 3.11. The Hall–Kier alpha value is -2.06. The molecule has 5 heteroatoms. The van der Waals surface area contributed by atoms with Gasteiger partial charge >= 0.3 is 0 Å². The van der Waals surface area contributed by atoms with Gasteiger partial charge in [-0.1, -0.05) is 6.92 Å². The lowest BCUT2D eigenvalue weighted by molar-refractivity contribution is 0.422. The number of nitrogens with zero attached hydrogens (tertiary/aromatic N) is 2. The maximum absolute atomic E-state index is 8.60. The van der Waals surface area contributed by atoms with Crippen LogP contribution in [0.15, 0.2) is 27.2 Å². The van der Waals surface area contributed by atoms with E-state index in [1.165, 1.54) is 0 Å². The molecule has 0 aliphatic rings. The van der Waals surface area contributed by atoms with Gasteiger partial charge in [0, 0.05) is 6.42 Å². The highest BCUT2D eigenvalue weighted by molar-refractivity contribution is 5.18. The Morgan fingerprint density at radius 3 is 2.82 bits per heavy atom. The molecule has 0 unspecified atom stereocenters. The largest absolute Gasteiger partial charge is 0.449 e. The number of rotatable bonds is 5. The van der Waals surface area contributed by atoms with Crippen LogP contribution in [0, 0.1) is 11.3 Å². The van der Waals surface area contributed by atoms with Gasteiger partial charge in [0.2, 0.25) is 11.7 Å². The molecule has 0 aliphatic heterocycles. The van der Waals surface area contributed by atoms with Crippen LogP contribution < -0.4 is 5.32 Å². The molecule has 5 nitrogen and oxygen atoms in total. The first kappa shape index (κ1) is 11.4. The highest BCUT2D eigenvalue weighted by Gasteiger charge is 2.03. The maximum atomic E-state index is 8.60. The highest BCUT2D eigenvalue weighted by atomic mass is 16.4. The summed E-state index contributed by atoms with van der Waals surface area (Å²) in [4.78, 5) is 4.13. The van der Waals surface area contributed by atoms with Crippen molar-refractivity contribution in [2.45, 2.75) is 26.4 Å². The van der Waals surface area contributed by atoms with Crippen LogP contribution in [0.4, 0.5) is 0 Å². The van der Waals surface area contributed by atoms with E-state index in [-0.39, 0.29) is 0 Å². The van der Waals surface area contributed by atoms with Gasteiger partial charge < -0.3 is 14.2 Å². The summed E-state index contributed by atoms with van der Waals surface area (Å²) in [6, 6.07) is 5.37. The lowest BCUT2D eigenvalue weighted by Gasteiger charge is -1.98. The Kier molecular flexibility index (Phi) is 3.58. The minimum Gasteiger partial charge on any atom is -0.449 e. The summed E-state index contributed by atoms with van der Waals surface area (Å²) in [6.07, 6.45) is 2.58. The van der Waals surface area contributed by atoms with Gasteiger partial charge in [0.15, 0.2) is 0 Å². The summed E-state index contributed by atoms with van der Waals surface area (Å²) in [5.41, 5.74) is 0. The van der Waals surface area contributed by atoms with Crippen molar-refractivity contribution >= 4 is 0 Å². The molecule has 0 spiro atoms. The smallest absolute Gasteiger partial charge is 0.208 e. The molecule has 0 aromatic carbocycles. The van der Waals surface area contributed by atoms with E-state index >= 15 is 0 Å². The molecule has 0 atom stereocenters. The number of aromatic nitrogens is 1. The molecule has 17 heavy (non-hydrogen) atoms. The predicted molar refractivity (Wildman–Crippen MR) is 59.8 cm³/mol. The third kappa shape index (κ3) is 2.95. The Morgan fingerprint density at radius 1 is 1.29 bits per heavy atom. The van der Waals surface area contributed by atoms with Gasteiger partial charge in [0.25, 0.3) is 0 Å². The number of nitriles is 1. The van der Waals surface area contributed by atoms with Crippen LogP contribution in [0.25, 0.3) is 0 Å². The summed E-state index contributed by atoms with van der Waals surface area (Å²) in [5, 5.41) is 11.7. The summed E-state index contributed by atoms with van der Waals surface area (Å²) >= 11 is 0. The monoisotopic (exact) mass is 231 g/mol. The molecule has 0 amide bonds. The van der Waals surface area contributed by atoms with Crippen molar-refractivity contribution in [1.29, 1.82) is 5.26 Å². The average Bonchev–Trinajstić information content (AvgIpc) is 2.97. The maximum Gasteiger partial charge on any atom is 0.208 e. The molecule has 0 saturated carbocycles. The van der Waals surface area contributed by atoms with Crippen LogP contribution in [-0.2, 0) is 19.5 Å². The fourth-order valence-electron chi connectivity index (χ4n) is 1.42. The molecular formula is C12H13N3O2. The fraction of sp³-hybridized carbons (Fsp3) is 0.333. The molecule has 0 fully saturated rings. The SMILES string of the molecule is CCc1cnc(CNCc2ccc(C#N)o2)o1. The lowest BCUT2D eigenvalue weighted by Crippen LogP contribution is -2.12. The van der Waals surface area contributed by atoms with Crippen molar-refractivity contribution < 1.29 is 8.83 Å². The summed E-state index contributed by atoms with van der Waals surface area (Å²) in [5.74, 6) is 2.59. The van der Waals surface area contributed by atoms with Crippen LogP contribution in [0.2, 0.25) is 0 Å². The van der Waals surface area contributed by atoms with Crippen LogP contribution in [0.1, 0.15) is 30.1 Å². The van der Waals surface area contributed by atoms with E-state index < -0.39 is 0 Å². The second-order valence-corrected chi connectivity index (χ2v) is 3.56. The Balaban J connectivity index is 1.81. The number of oxazole rings is 1. The Morgan fingerprint density at radius 2 is 2.18 bits per heavy atom. The number of hydrogen-bond donors (Lipinski definition) is 1. The quantitative estimate of drug-likeness (QED) is 0.851. The van der Waals surface area contributed by atoms with E-state index in [0.29, 0.717) is 24.7 Å². The van der Waals surface area contributed by atoms with E-state index in [1.54, 1.807) is 18.3 Å². The van der Waals surface area contributed by atoms with Crippen molar-refractivity contribution in [1.82, 2.24) is 10.3 Å². The molecule has 2 aromatic heterocycles. The highest BCUT2D eigenvalue weighted by Crippen LogP contribution is 2.07. The molecule has 2 heterocycles. The molecule has 0 saturated heterocycles. The lowest BCUT2D eigenvalue weighted by atomic mass is 10.4. The molecule has 0 bridgehead atoms. The first-order valence-electron chi connectivity index (χ1n) is 5.45. The van der Waals surface area contributed by atoms with Crippen molar-refractivity contribution in [3.8, 4) is 6.07 Å². The van der Waals surface area contributed by atoms with Crippen LogP contribution in [-0.4, -0.2) is 4.98 Å². The van der Waals surface area contributed by atoms with Gasteiger partial charge in [0.1, 0.15) is 17.6 Å². The molecule has 0 radical (unpaired) electrons. The second-order valence-electron chi connectivity index (χ2n) is 3.56. The molecule has 0 aliphatic carbocycles. The number of hydrogen-bond acceptors (Lipinski definition) is 5. The van der Waals surface area contributed by atoms with Crippen molar-refractivity contribution in [3.05, 3.63) is 41.5 Å². The predicted octanol–water partition coefficient (Wildman–Crippen LogP) is 1.99. The van der Waals surface area contributed by atoms with Gasteiger partial charge in [-0.05, 0) is 12.1 Å². The fourth-order valence-corrected chi connectivity index (χ4v) is 1.42. The number of aryl methyl sites for hydroxylation is 1. The van der Waals surface area contributed by atoms with Gasteiger partial charge in [-0.3, -0.25) is 0 Å². The molecule has 2 rings (SSSR count). The number of furan rings is 1. The van der Waals surface area contributed by atoms with Crippen LogP contribution in [0.3, 0.4) is 0 Å². The van der Waals surface area contributed by atoms with Gasteiger partial charge in [-0.15, -0.1) is 0 Å². The van der Waals surface area contributed by atoms with Crippen LogP contribution in [0.5, 0.6) is 0 Å². The minimum absolute atomic E-state index is 0.325. The number of nitrogens with one attached hydrogen (secondary N) is 1. The summed E-state index contributed by atoms with van der Waals surface area (Å²) in [7, 11) is 0. The summed E-state index contributed by atoms with van der Waals surface area (Å²) < 4.78 is 10.7. The third-order valence-electron chi connectivity index (χ3n) is 2.30. The van der Waals surface area contributed by atoms with Crippen LogP contribution >= 0.6 is 0 Å². The normalized spacial score (nSPS) is 10.4. The Bertz CT molecular complexity index is 522. The van der Waals surface area contributed by atoms with E-state index in [1.807, 2.05) is 13.0 Å². The van der Waals surface area contributed by atoms with Gasteiger partial charge in [-0.2, -0.15) is 5.26 Å². The van der Waals surface area contributed by atoms with Gasteiger partial charge in [0.05, 0.1) is 19.3 Å². The standard InChI is InChI=1S/C12H13N3O2/c1-2-9-7-15-12(17-9)8-14-6-11-4-3-10(5-13)16-11/h3-4,7,14H,2,6,8H2,1H3. The zero-order valence-electron chi connectivity index (χ0n) is 9.56. The van der Waals surface area contributed by atoms with Crippen molar-refractivity contribution in [2.75, 3.05) is 0 Å². The van der Waals surface area contributed by atoms with E-state index in [2.05, 4.69) is 10.3 Å². The van der Waals surface area contributed by atoms with Crippen molar-refractivity contribution in [2.24, 2.45) is 0 Å². The molecule has 1 N–H and O–H groups in total. The average molecular weight is 231 g/mol. The van der Waals surface area contributed by atoms with E-state index in [4.69, 9.17) is 14.1 Å². The molecular weight excluding hydrogens is 218 g/mol. The molecule has 88 valence electrons. The first-order chi connectivity index (χ1) is 8.31. The topological polar surface area (TPSA) is 75.0 Å². The second kappa shape index (κ2) is 5.32. The zero-order valence-corrected chi connectivity index (χ0v) is 9.56.